The fourth-order valence-electron chi connectivity index (χ4n) is 8.69. The molecule has 0 saturated carbocycles. The summed E-state index contributed by atoms with van der Waals surface area (Å²) >= 11 is 6.74. The van der Waals surface area contributed by atoms with Crippen molar-refractivity contribution in [2.75, 3.05) is 49.4 Å². The zero-order valence-electron chi connectivity index (χ0n) is 51.1. The Hall–Kier alpha value is -6.17. The highest BCUT2D eigenvalue weighted by atomic mass is 79.9. The fraction of sp³-hybridized carbons (Fsp3) is 0.519. The van der Waals surface area contributed by atoms with Crippen LogP contribution in [0.4, 0.5) is 21.5 Å². The lowest BCUT2D eigenvalue weighted by molar-refractivity contribution is 0.0528. The van der Waals surface area contributed by atoms with Gasteiger partial charge in [0, 0.05) is 60.5 Å². The number of para-hydroxylation sites is 2. The Balaban J connectivity index is 0.000000246. The van der Waals surface area contributed by atoms with Gasteiger partial charge in [0.2, 0.25) is 31.6 Å². The molecule has 32 heteroatoms. The minimum absolute atomic E-state index is 0.182. The van der Waals surface area contributed by atoms with Crippen LogP contribution in [0.15, 0.2) is 68.1 Å². The molecule has 468 valence electrons. The van der Waals surface area contributed by atoms with Crippen LogP contribution in [-0.4, -0.2) is 163 Å². The van der Waals surface area contributed by atoms with Gasteiger partial charge in [0.05, 0.1) is 56.5 Å². The van der Waals surface area contributed by atoms with Crippen LogP contribution in [0.25, 0.3) is 33.4 Å². The maximum Gasteiger partial charge on any atom is 0.407 e. The number of rotatable bonds is 24. The average molecular weight is 1390 g/mol. The fourth-order valence-corrected chi connectivity index (χ4v) is 11.9. The molecule has 8 rings (SSSR count). The van der Waals surface area contributed by atoms with Gasteiger partial charge in [0.15, 0.2) is 11.3 Å². The van der Waals surface area contributed by atoms with E-state index in [2.05, 4.69) is 117 Å². The number of alkyl carbamates (subject to hydrolysis) is 1. The van der Waals surface area contributed by atoms with Crippen LogP contribution in [0.1, 0.15) is 64.3 Å². The Morgan fingerprint density at radius 1 is 0.674 bits per heavy atom. The molecule has 0 radical (unpaired) electrons. The molecule has 2 aromatic carbocycles. The summed E-state index contributed by atoms with van der Waals surface area (Å²) < 4.78 is 74.7. The zero-order chi connectivity index (χ0) is 63.3. The van der Waals surface area contributed by atoms with E-state index >= 15 is 0 Å². The van der Waals surface area contributed by atoms with E-state index in [0.717, 1.165) is 57.8 Å². The highest BCUT2D eigenvalue weighted by Gasteiger charge is 2.28. The summed E-state index contributed by atoms with van der Waals surface area (Å²) in [5, 5.41) is 26.9. The van der Waals surface area contributed by atoms with Crippen LogP contribution in [0.3, 0.4) is 0 Å². The molecule has 26 nitrogen and oxygen atoms in total. The number of sulfone groups is 2. The Labute approximate surface area is 519 Å². The van der Waals surface area contributed by atoms with Crippen LogP contribution in [-0.2, 0) is 73.3 Å². The van der Waals surface area contributed by atoms with Crippen LogP contribution >= 0.6 is 31.9 Å². The van der Waals surface area contributed by atoms with E-state index in [1.165, 1.54) is 26.3 Å². The van der Waals surface area contributed by atoms with Crippen molar-refractivity contribution in [3.05, 3.63) is 80.5 Å². The number of imidazole rings is 2. The van der Waals surface area contributed by atoms with Gasteiger partial charge in [-0.1, -0.05) is 63.5 Å². The highest BCUT2D eigenvalue weighted by molar-refractivity contribution is 9.11. The Morgan fingerprint density at radius 2 is 1.17 bits per heavy atom. The van der Waals surface area contributed by atoms with Crippen LogP contribution in [0, 0.1) is 0 Å². The van der Waals surface area contributed by atoms with Crippen molar-refractivity contribution in [3.63, 3.8) is 0 Å². The molecule has 4 N–H and O–H groups in total. The standard InChI is InChI=1S/2C27H39BrN8O5SSi/c1-27(2,3)35(26(37)38)12-11-18-9-8-10-20-22(18)34(17-41-13-14-43(5,6)7)21(31-20)16-29-24-33-25(42(4,39)40)32-23-19(28)15-30-36(23)24;1-27(2,3)41-26(37)29-12-11-18-9-8-10-20-22(18)32-21(35(20)17-40-13-14-43(5,6)7)16-30-24-34-25(42(4,38)39)33-23-19(28)15-31-36(23)24/h8-10,15H,11-14,16-17H2,1-7H3,(H,37,38)(H,29,32,33);8-10,15H,11-14,16-17H2,1-7H3,(H,29,37)(H,30,33,34). The normalized spacial score (nSPS) is 12.7. The lowest BCUT2D eigenvalue weighted by Gasteiger charge is -2.33. The summed E-state index contributed by atoms with van der Waals surface area (Å²) in [6.45, 7) is 27.7. The lowest BCUT2D eigenvalue weighted by Crippen LogP contribution is -2.45. The first kappa shape index (κ1) is 67.3. The number of carbonyl (C=O) groups excluding carboxylic acids is 1. The van der Waals surface area contributed by atoms with E-state index in [1.54, 1.807) is 0 Å². The maximum atomic E-state index is 12.3. The third kappa shape index (κ3) is 18.0. The first-order valence-corrected chi connectivity index (χ1v) is 40.5. The number of nitrogens with zero attached hydrogens (tertiary/aromatic N) is 13. The van der Waals surface area contributed by atoms with Crippen molar-refractivity contribution >= 4 is 125 Å². The molecule has 6 heterocycles. The number of halogens is 2. The molecule has 0 spiro atoms. The SMILES string of the molecule is CC(C)(C)N(CCc1cccc2nc(CNc3nc(S(C)(=O)=O)nc4c(Br)cnn34)n(COCC[Si](C)(C)C)c12)C(=O)O.CC(C)(C)OC(=O)NCCc1cccc2c1nc(CNc1nc(S(C)(=O)=O)nc3c(Br)cnn13)n2COCC[Si](C)(C)C. The largest absolute Gasteiger partial charge is 0.465 e. The number of ether oxygens (including phenoxy) is 3. The van der Waals surface area contributed by atoms with Crippen molar-refractivity contribution < 1.29 is 45.7 Å². The molecule has 0 aliphatic carbocycles. The molecule has 8 aromatic rings. The third-order valence-electron chi connectivity index (χ3n) is 13.1. The lowest BCUT2D eigenvalue weighted by atomic mass is 10.0. The summed E-state index contributed by atoms with van der Waals surface area (Å²) in [5.74, 6) is 1.70. The molecule has 0 unspecified atom stereocenters. The number of hydrogen-bond donors (Lipinski definition) is 4. The Bertz CT molecular complexity index is 3980. The van der Waals surface area contributed by atoms with E-state index in [9.17, 15) is 31.5 Å². The number of aromatic nitrogens is 12. The van der Waals surface area contributed by atoms with Gasteiger partial charge in [0.25, 0.3) is 10.3 Å². The molecular weight excluding hydrogens is 1310 g/mol. The number of hydrogen-bond acceptors (Lipinski definition) is 19. The minimum atomic E-state index is -3.69. The van der Waals surface area contributed by atoms with Crippen molar-refractivity contribution in [1.82, 2.24) is 68.5 Å². The van der Waals surface area contributed by atoms with E-state index in [4.69, 9.17) is 24.2 Å². The summed E-state index contributed by atoms with van der Waals surface area (Å²) in [7, 11) is -9.97. The molecule has 86 heavy (non-hydrogen) atoms. The van der Waals surface area contributed by atoms with Crippen molar-refractivity contribution in [2.45, 2.75) is 154 Å². The van der Waals surface area contributed by atoms with Gasteiger partial charge < -0.3 is 49.3 Å². The van der Waals surface area contributed by atoms with E-state index in [0.29, 0.717) is 77.8 Å². The second-order valence-electron chi connectivity index (χ2n) is 25.1. The van der Waals surface area contributed by atoms with Gasteiger partial charge in [-0.05, 0) is 122 Å². The number of benzene rings is 2. The van der Waals surface area contributed by atoms with Crippen molar-refractivity contribution in [1.29, 1.82) is 0 Å². The molecule has 0 atom stereocenters. The minimum Gasteiger partial charge on any atom is -0.465 e. The first-order valence-electron chi connectivity index (χ1n) is 27.7. The number of amides is 2. The average Bonchev–Trinajstić information content (AvgIpc) is 1.87. The molecule has 6 aromatic heterocycles. The monoisotopic (exact) mass is 1390 g/mol. The maximum absolute atomic E-state index is 12.3. The second kappa shape index (κ2) is 27.1. The molecule has 2 amide bonds. The summed E-state index contributed by atoms with van der Waals surface area (Å²) in [6, 6.07) is 13.7. The first-order chi connectivity index (χ1) is 40.0. The van der Waals surface area contributed by atoms with Gasteiger partial charge in [-0.2, -0.15) is 39.2 Å². The van der Waals surface area contributed by atoms with Gasteiger partial charge in [-0.25, -0.2) is 36.4 Å². The molecule has 0 fully saturated rings. The molecule has 0 aliphatic rings. The number of carboxylic acid groups (broad SMARTS) is 1. The summed E-state index contributed by atoms with van der Waals surface area (Å²) in [4.78, 5) is 52.2. The predicted octanol–water partition coefficient (Wildman–Crippen LogP) is 9.52. The van der Waals surface area contributed by atoms with Gasteiger partial charge in [-0.15, -0.1) is 0 Å². The summed E-state index contributed by atoms with van der Waals surface area (Å²) in [6.07, 6.45) is 4.75. The second-order valence-corrected chi connectivity index (χ2v) is 41.8. The van der Waals surface area contributed by atoms with Crippen LogP contribution in [0.5, 0.6) is 0 Å². The third-order valence-corrected chi connectivity index (χ3v) is 19.3. The van der Waals surface area contributed by atoms with E-state index in [-0.39, 0.29) is 42.0 Å². The molecular formula is C54H78Br2N16O10S2Si2. The van der Waals surface area contributed by atoms with Crippen LogP contribution in [0.2, 0.25) is 51.4 Å². The molecule has 0 saturated heterocycles. The van der Waals surface area contributed by atoms with E-state index in [1.807, 2.05) is 87.1 Å². The van der Waals surface area contributed by atoms with Gasteiger partial charge in [0.1, 0.15) is 30.7 Å². The van der Waals surface area contributed by atoms with E-state index < -0.39 is 59.1 Å². The Kier molecular flexibility index (Phi) is 21.2. The topological polar surface area (TPSA) is 311 Å². The predicted molar refractivity (Wildman–Crippen MR) is 342 cm³/mol. The smallest absolute Gasteiger partial charge is 0.407 e. The van der Waals surface area contributed by atoms with Crippen molar-refractivity contribution in [2.24, 2.45) is 0 Å². The molecule has 0 aliphatic heterocycles. The number of carbonyl (C=O) groups is 2. The summed E-state index contributed by atoms with van der Waals surface area (Å²) in [5.41, 5.74) is 4.66. The van der Waals surface area contributed by atoms with Gasteiger partial charge >= 0.3 is 12.2 Å². The Morgan fingerprint density at radius 3 is 1.66 bits per heavy atom. The highest BCUT2D eigenvalue weighted by Crippen LogP contribution is 2.28. The number of anilines is 2. The van der Waals surface area contributed by atoms with Crippen molar-refractivity contribution in [3.8, 4) is 0 Å². The van der Waals surface area contributed by atoms with Gasteiger partial charge in [-0.3, -0.25) is 0 Å². The quantitative estimate of drug-likeness (QED) is 0.0323. The number of fused-ring (bicyclic) bond motifs is 4. The zero-order valence-corrected chi connectivity index (χ0v) is 57.9. The number of nitrogens with one attached hydrogen (secondary N) is 3. The molecule has 0 bridgehead atoms. The van der Waals surface area contributed by atoms with Crippen LogP contribution < -0.4 is 16.0 Å².